The number of aliphatic carboxylic acids is 1. The van der Waals surface area contributed by atoms with Gasteiger partial charge in [-0.15, -0.1) is 11.3 Å². The number of carboxylic acid groups (broad SMARTS) is 1. The van der Waals surface area contributed by atoms with Crippen molar-refractivity contribution in [3.8, 4) is 0 Å². The number of carbonyl (C=O) groups excluding carboxylic acids is 1. The molecule has 1 aromatic rings. The van der Waals surface area contributed by atoms with E-state index in [4.69, 9.17) is 5.11 Å². The smallest absolute Gasteiger partial charge is 0.317 e. The molecular formula is C15H20N2O3S. The Balaban J connectivity index is 1.50. The first-order chi connectivity index (χ1) is 10.1. The number of thiophene rings is 1. The Kier molecular flexibility index (Phi) is 4.14. The SMILES string of the molecule is O=C(O)C1CCC(NC(=O)N2CCc3sccc3C2)CC1. The van der Waals surface area contributed by atoms with Gasteiger partial charge in [0.15, 0.2) is 0 Å². The molecule has 2 heterocycles. The van der Waals surface area contributed by atoms with Crippen molar-refractivity contribution in [2.24, 2.45) is 5.92 Å². The van der Waals surface area contributed by atoms with Crippen molar-refractivity contribution in [2.75, 3.05) is 6.54 Å². The van der Waals surface area contributed by atoms with Crippen molar-refractivity contribution in [1.29, 1.82) is 0 Å². The molecule has 1 aliphatic carbocycles. The molecule has 21 heavy (non-hydrogen) atoms. The molecule has 0 radical (unpaired) electrons. The van der Waals surface area contributed by atoms with Gasteiger partial charge in [-0.05, 0) is 49.1 Å². The van der Waals surface area contributed by atoms with Crippen molar-refractivity contribution in [2.45, 2.75) is 44.7 Å². The maximum absolute atomic E-state index is 12.3. The van der Waals surface area contributed by atoms with Crippen molar-refractivity contribution >= 4 is 23.3 Å². The first-order valence-corrected chi connectivity index (χ1v) is 8.35. The molecular weight excluding hydrogens is 288 g/mol. The number of carbonyl (C=O) groups is 2. The van der Waals surface area contributed by atoms with E-state index in [1.807, 2.05) is 4.90 Å². The molecule has 1 aromatic heterocycles. The van der Waals surface area contributed by atoms with Gasteiger partial charge < -0.3 is 15.3 Å². The number of nitrogens with zero attached hydrogens (tertiary/aromatic N) is 1. The number of carboxylic acids is 1. The summed E-state index contributed by atoms with van der Waals surface area (Å²) in [7, 11) is 0. The second-order valence-electron chi connectivity index (χ2n) is 5.88. The number of rotatable bonds is 2. The van der Waals surface area contributed by atoms with Gasteiger partial charge in [0.2, 0.25) is 0 Å². The van der Waals surface area contributed by atoms with Crippen LogP contribution in [0.5, 0.6) is 0 Å². The Bertz CT molecular complexity index is 535. The third-order valence-electron chi connectivity index (χ3n) is 4.50. The molecule has 0 bridgehead atoms. The highest BCUT2D eigenvalue weighted by Gasteiger charge is 2.28. The van der Waals surface area contributed by atoms with Crippen LogP contribution in [-0.4, -0.2) is 34.6 Å². The fraction of sp³-hybridized carbons (Fsp3) is 0.600. The minimum Gasteiger partial charge on any atom is -0.481 e. The van der Waals surface area contributed by atoms with E-state index >= 15 is 0 Å². The lowest BCUT2D eigenvalue weighted by atomic mass is 9.86. The zero-order chi connectivity index (χ0) is 14.8. The van der Waals surface area contributed by atoms with Gasteiger partial charge in [0.1, 0.15) is 0 Å². The van der Waals surface area contributed by atoms with E-state index in [1.165, 1.54) is 10.4 Å². The fourth-order valence-corrected chi connectivity index (χ4v) is 4.06. The molecule has 0 saturated heterocycles. The number of fused-ring (bicyclic) bond motifs is 1. The van der Waals surface area contributed by atoms with Crippen LogP contribution in [0.1, 0.15) is 36.1 Å². The summed E-state index contributed by atoms with van der Waals surface area (Å²) >= 11 is 1.76. The topological polar surface area (TPSA) is 69.6 Å². The predicted molar refractivity (Wildman–Crippen MR) is 80.3 cm³/mol. The van der Waals surface area contributed by atoms with Crippen molar-refractivity contribution in [3.05, 3.63) is 21.9 Å². The fourth-order valence-electron chi connectivity index (χ4n) is 3.17. The number of hydrogen-bond acceptors (Lipinski definition) is 3. The van der Waals surface area contributed by atoms with Crippen LogP contribution in [0.25, 0.3) is 0 Å². The zero-order valence-corrected chi connectivity index (χ0v) is 12.7. The summed E-state index contributed by atoms with van der Waals surface area (Å²) in [4.78, 5) is 26.5. The van der Waals surface area contributed by atoms with E-state index in [0.717, 1.165) is 25.8 Å². The van der Waals surface area contributed by atoms with Gasteiger partial charge in [0.25, 0.3) is 0 Å². The molecule has 2 amide bonds. The summed E-state index contributed by atoms with van der Waals surface area (Å²) in [6.07, 6.45) is 3.79. The van der Waals surface area contributed by atoms with Crippen molar-refractivity contribution < 1.29 is 14.7 Å². The number of urea groups is 1. The van der Waals surface area contributed by atoms with Gasteiger partial charge in [0.05, 0.1) is 5.92 Å². The average Bonchev–Trinajstić information content (AvgIpc) is 2.95. The predicted octanol–water partition coefficient (Wildman–Crippen LogP) is 2.46. The van der Waals surface area contributed by atoms with Crippen LogP contribution in [0, 0.1) is 5.92 Å². The van der Waals surface area contributed by atoms with Crippen LogP contribution in [0.3, 0.4) is 0 Å². The van der Waals surface area contributed by atoms with E-state index in [0.29, 0.717) is 19.4 Å². The molecule has 0 atom stereocenters. The number of amides is 2. The van der Waals surface area contributed by atoms with Crippen LogP contribution >= 0.6 is 11.3 Å². The number of hydrogen-bond donors (Lipinski definition) is 2. The first kappa shape index (κ1) is 14.4. The second kappa shape index (κ2) is 6.05. The van der Waals surface area contributed by atoms with Gasteiger partial charge in [-0.1, -0.05) is 0 Å². The summed E-state index contributed by atoms with van der Waals surface area (Å²) in [5.41, 5.74) is 1.26. The monoisotopic (exact) mass is 308 g/mol. The summed E-state index contributed by atoms with van der Waals surface area (Å²) in [6, 6.07) is 2.21. The van der Waals surface area contributed by atoms with E-state index in [2.05, 4.69) is 16.8 Å². The standard InChI is InChI=1S/C15H20N2O3S/c18-14(19)10-1-3-12(4-2-10)16-15(20)17-7-5-13-11(9-17)6-8-21-13/h6,8,10,12H,1-5,7,9H2,(H,16,20)(H,18,19). The van der Waals surface area contributed by atoms with Crippen LogP contribution in [0.15, 0.2) is 11.4 Å². The molecule has 2 aliphatic rings. The second-order valence-corrected chi connectivity index (χ2v) is 6.88. The lowest BCUT2D eigenvalue weighted by Crippen LogP contribution is -2.47. The van der Waals surface area contributed by atoms with Crippen LogP contribution in [0.4, 0.5) is 4.79 Å². The van der Waals surface area contributed by atoms with Crippen LogP contribution < -0.4 is 5.32 Å². The quantitative estimate of drug-likeness (QED) is 0.881. The molecule has 0 unspecified atom stereocenters. The van der Waals surface area contributed by atoms with Gasteiger partial charge in [-0.25, -0.2) is 4.79 Å². The van der Waals surface area contributed by atoms with Crippen LogP contribution in [-0.2, 0) is 17.8 Å². The third kappa shape index (κ3) is 3.20. The van der Waals surface area contributed by atoms with Crippen molar-refractivity contribution in [3.63, 3.8) is 0 Å². The molecule has 1 saturated carbocycles. The lowest BCUT2D eigenvalue weighted by molar-refractivity contribution is -0.142. The van der Waals surface area contributed by atoms with Gasteiger partial charge >= 0.3 is 12.0 Å². The zero-order valence-electron chi connectivity index (χ0n) is 11.9. The molecule has 1 fully saturated rings. The molecule has 3 rings (SSSR count). The van der Waals surface area contributed by atoms with Gasteiger partial charge in [-0.3, -0.25) is 4.79 Å². The molecule has 0 spiro atoms. The Morgan fingerprint density at radius 2 is 2.05 bits per heavy atom. The van der Waals surface area contributed by atoms with Crippen LogP contribution in [0.2, 0.25) is 0 Å². The largest absolute Gasteiger partial charge is 0.481 e. The molecule has 1 aliphatic heterocycles. The lowest BCUT2D eigenvalue weighted by Gasteiger charge is -2.32. The minimum atomic E-state index is -0.708. The van der Waals surface area contributed by atoms with E-state index < -0.39 is 5.97 Å². The molecule has 114 valence electrons. The summed E-state index contributed by atoms with van der Waals surface area (Å²) in [5.74, 6) is -0.942. The highest BCUT2D eigenvalue weighted by Crippen LogP contribution is 2.26. The Morgan fingerprint density at radius 3 is 2.76 bits per heavy atom. The van der Waals surface area contributed by atoms with Gasteiger partial charge in [0, 0.05) is 24.0 Å². The highest BCUT2D eigenvalue weighted by atomic mass is 32.1. The van der Waals surface area contributed by atoms with Crippen molar-refractivity contribution in [1.82, 2.24) is 10.2 Å². The summed E-state index contributed by atoms with van der Waals surface area (Å²) in [6.45, 7) is 1.46. The minimum absolute atomic E-state index is 0.00868. The summed E-state index contributed by atoms with van der Waals surface area (Å²) < 4.78 is 0. The molecule has 2 N–H and O–H groups in total. The van der Waals surface area contributed by atoms with E-state index in [9.17, 15) is 9.59 Å². The highest BCUT2D eigenvalue weighted by molar-refractivity contribution is 7.10. The third-order valence-corrected chi connectivity index (χ3v) is 5.52. The van der Waals surface area contributed by atoms with E-state index in [-0.39, 0.29) is 18.0 Å². The summed E-state index contributed by atoms with van der Waals surface area (Å²) in [5, 5.41) is 14.1. The van der Waals surface area contributed by atoms with Gasteiger partial charge in [-0.2, -0.15) is 0 Å². The number of nitrogens with one attached hydrogen (secondary N) is 1. The maximum atomic E-state index is 12.3. The first-order valence-electron chi connectivity index (χ1n) is 7.47. The molecule has 6 heteroatoms. The Morgan fingerprint density at radius 1 is 1.29 bits per heavy atom. The van der Waals surface area contributed by atoms with E-state index in [1.54, 1.807) is 11.3 Å². The normalized spacial score (nSPS) is 25.2. The molecule has 0 aromatic carbocycles. The molecule has 5 nitrogen and oxygen atoms in total. The average molecular weight is 308 g/mol. The Hall–Kier alpha value is -1.56. The maximum Gasteiger partial charge on any atom is 0.317 e. The Labute approximate surface area is 128 Å².